The second kappa shape index (κ2) is 8.74. The molecule has 9 heteroatoms. The summed E-state index contributed by atoms with van der Waals surface area (Å²) in [6.07, 6.45) is 2.28. The molecule has 0 spiro atoms. The lowest BCUT2D eigenvalue weighted by Crippen LogP contribution is -2.34. The number of fused-ring (bicyclic) bond motifs is 1. The van der Waals surface area contributed by atoms with Crippen LogP contribution in [0, 0.1) is 0 Å². The average Bonchev–Trinajstić information content (AvgIpc) is 3.02. The van der Waals surface area contributed by atoms with Gasteiger partial charge >= 0.3 is 0 Å². The van der Waals surface area contributed by atoms with Gasteiger partial charge in [-0.1, -0.05) is 6.07 Å². The third-order valence-corrected chi connectivity index (χ3v) is 6.16. The van der Waals surface area contributed by atoms with E-state index in [1.165, 1.54) is 22.7 Å². The summed E-state index contributed by atoms with van der Waals surface area (Å²) >= 11 is 0. The monoisotopic (exact) mass is 431 g/mol. The van der Waals surface area contributed by atoms with Crippen LogP contribution in [0.25, 0.3) is 0 Å². The lowest BCUT2D eigenvalue weighted by molar-refractivity contribution is 0.0951. The molecule has 3 rings (SSSR count). The number of rotatable bonds is 7. The maximum Gasteiger partial charge on any atom is 0.251 e. The van der Waals surface area contributed by atoms with E-state index in [2.05, 4.69) is 10.6 Å². The molecule has 2 amide bonds. The molecule has 1 atom stereocenters. The molecule has 0 radical (unpaired) electrons. The number of phenolic OH excluding ortho intramolecular Hbond substituents is 1. The summed E-state index contributed by atoms with van der Waals surface area (Å²) in [6, 6.07) is 10.9. The minimum atomic E-state index is -3.36. The van der Waals surface area contributed by atoms with Crippen molar-refractivity contribution in [3.63, 3.8) is 0 Å². The van der Waals surface area contributed by atoms with Crippen LogP contribution in [0.15, 0.2) is 42.5 Å². The van der Waals surface area contributed by atoms with Gasteiger partial charge in [0.2, 0.25) is 10.0 Å². The Bertz CT molecular complexity index is 1070. The Morgan fingerprint density at radius 1 is 1.07 bits per heavy atom. The molecule has 2 aromatic rings. The first-order valence-corrected chi connectivity index (χ1v) is 11.5. The van der Waals surface area contributed by atoms with Gasteiger partial charge in [-0.3, -0.25) is 13.9 Å². The average molecular weight is 432 g/mol. The van der Waals surface area contributed by atoms with E-state index in [9.17, 15) is 23.1 Å². The third-order valence-electron chi connectivity index (χ3n) is 4.89. The molecule has 0 aromatic heterocycles. The van der Waals surface area contributed by atoms with E-state index in [4.69, 9.17) is 0 Å². The number of carbonyl (C=O) groups is 2. The van der Waals surface area contributed by atoms with Crippen molar-refractivity contribution in [3.8, 4) is 5.75 Å². The van der Waals surface area contributed by atoms with Crippen LogP contribution in [-0.2, 0) is 16.4 Å². The van der Waals surface area contributed by atoms with Crippen LogP contribution in [0.2, 0.25) is 0 Å². The Morgan fingerprint density at radius 2 is 1.70 bits per heavy atom. The van der Waals surface area contributed by atoms with Gasteiger partial charge in [0.05, 0.1) is 11.9 Å². The van der Waals surface area contributed by atoms with Gasteiger partial charge in [-0.2, -0.15) is 0 Å². The van der Waals surface area contributed by atoms with E-state index >= 15 is 0 Å². The van der Waals surface area contributed by atoms with E-state index in [1.54, 1.807) is 30.3 Å². The van der Waals surface area contributed by atoms with Gasteiger partial charge in [0.25, 0.3) is 11.8 Å². The first kappa shape index (κ1) is 21.6. The van der Waals surface area contributed by atoms with E-state index in [1.807, 2.05) is 6.92 Å². The predicted octanol–water partition coefficient (Wildman–Crippen LogP) is 1.65. The number of anilines is 1. The molecule has 0 fully saturated rings. The molecule has 1 aliphatic heterocycles. The number of aromatic hydroxyl groups is 1. The molecule has 0 aliphatic carbocycles. The molecule has 1 unspecified atom stereocenters. The molecule has 30 heavy (non-hydrogen) atoms. The maximum absolute atomic E-state index is 12.4. The first-order valence-electron chi connectivity index (χ1n) is 9.64. The highest BCUT2D eigenvalue weighted by molar-refractivity contribution is 7.92. The van der Waals surface area contributed by atoms with E-state index < -0.39 is 10.0 Å². The molecule has 3 N–H and O–H groups in total. The smallest absolute Gasteiger partial charge is 0.251 e. The number of nitrogens with one attached hydrogen (secondary N) is 2. The van der Waals surface area contributed by atoms with Crippen LogP contribution < -0.4 is 14.9 Å². The van der Waals surface area contributed by atoms with E-state index in [0.717, 1.165) is 5.56 Å². The molecule has 1 heterocycles. The highest BCUT2D eigenvalue weighted by atomic mass is 32.2. The molecule has 160 valence electrons. The van der Waals surface area contributed by atoms with E-state index in [0.29, 0.717) is 42.7 Å². The standard InChI is InChI=1S/C21H25N3O5S/c1-14-11-17-12-16(7-8-19(17)24(14)30(2,28)29)21(27)23-10-4-9-22-20(26)15-5-3-6-18(25)13-15/h3,5-8,12-14,25H,4,9-11H2,1-2H3,(H,22,26)(H,23,27). The van der Waals surface area contributed by atoms with Crippen molar-refractivity contribution in [1.29, 1.82) is 0 Å². The van der Waals surface area contributed by atoms with Crippen molar-refractivity contribution in [2.45, 2.75) is 25.8 Å². The van der Waals surface area contributed by atoms with Crippen molar-refractivity contribution in [2.24, 2.45) is 0 Å². The first-order chi connectivity index (χ1) is 14.2. The molecular formula is C21H25N3O5S. The molecular weight excluding hydrogens is 406 g/mol. The number of hydrogen-bond donors (Lipinski definition) is 3. The molecule has 1 aliphatic rings. The number of nitrogens with zero attached hydrogens (tertiary/aromatic N) is 1. The summed E-state index contributed by atoms with van der Waals surface area (Å²) < 4.78 is 25.4. The summed E-state index contributed by atoms with van der Waals surface area (Å²) in [4.78, 5) is 24.4. The Balaban J connectivity index is 1.49. The predicted molar refractivity (Wildman–Crippen MR) is 114 cm³/mol. The largest absolute Gasteiger partial charge is 0.508 e. The maximum atomic E-state index is 12.4. The minimum absolute atomic E-state index is 0.0262. The van der Waals surface area contributed by atoms with Crippen LogP contribution >= 0.6 is 0 Å². The SMILES string of the molecule is CC1Cc2cc(C(=O)NCCCNC(=O)c3cccc(O)c3)ccc2N1S(C)(=O)=O. The number of benzene rings is 2. The highest BCUT2D eigenvalue weighted by Gasteiger charge is 2.32. The normalized spacial score (nSPS) is 15.5. The zero-order valence-electron chi connectivity index (χ0n) is 16.9. The number of amides is 2. The van der Waals surface area contributed by atoms with Crippen molar-refractivity contribution >= 4 is 27.5 Å². The van der Waals surface area contributed by atoms with Crippen LogP contribution in [0.3, 0.4) is 0 Å². The van der Waals surface area contributed by atoms with Crippen LogP contribution in [0.5, 0.6) is 5.75 Å². The van der Waals surface area contributed by atoms with Gasteiger partial charge in [0.15, 0.2) is 0 Å². The zero-order chi connectivity index (χ0) is 21.9. The minimum Gasteiger partial charge on any atom is -0.508 e. The lowest BCUT2D eigenvalue weighted by atomic mass is 10.1. The Morgan fingerprint density at radius 3 is 2.30 bits per heavy atom. The second-order valence-corrected chi connectivity index (χ2v) is 9.23. The molecule has 2 aromatic carbocycles. The summed E-state index contributed by atoms with van der Waals surface area (Å²) in [5.41, 5.74) is 2.30. The van der Waals surface area contributed by atoms with Gasteiger partial charge in [0, 0.05) is 30.3 Å². The molecule has 8 nitrogen and oxygen atoms in total. The van der Waals surface area contributed by atoms with Gasteiger partial charge in [-0.25, -0.2) is 8.42 Å². The second-order valence-electron chi connectivity index (χ2n) is 7.37. The van der Waals surface area contributed by atoms with E-state index in [-0.39, 0.29) is 23.6 Å². The Kier molecular flexibility index (Phi) is 6.31. The third kappa shape index (κ3) is 4.91. The summed E-state index contributed by atoms with van der Waals surface area (Å²) in [6.45, 7) is 2.59. The van der Waals surface area contributed by atoms with Gasteiger partial charge in [-0.05, 0) is 61.7 Å². The van der Waals surface area contributed by atoms with Crippen molar-refractivity contribution in [2.75, 3.05) is 23.7 Å². The number of hydrogen-bond acceptors (Lipinski definition) is 5. The van der Waals surface area contributed by atoms with Gasteiger partial charge < -0.3 is 15.7 Å². The van der Waals surface area contributed by atoms with Crippen molar-refractivity contribution in [3.05, 3.63) is 59.2 Å². The van der Waals surface area contributed by atoms with Crippen LogP contribution in [0.1, 0.15) is 39.6 Å². The fraction of sp³-hybridized carbons (Fsp3) is 0.333. The fourth-order valence-corrected chi connectivity index (χ4v) is 4.86. The van der Waals surface area contributed by atoms with Gasteiger partial charge in [0.1, 0.15) is 5.75 Å². The summed E-state index contributed by atoms with van der Waals surface area (Å²) in [5.74, 6) is -0.513. The van der Waals surface area contributed by atoms with Crippen LogP contribution in [0.4, 0.5) is 5.69 Å². The number of carbonyl (C=O) groups excluding carboxylic acids is 2. The fourth-order valence-electron chi connectivity index (χ4n) is 3.59. The van der Waals surface area contributed by atoms with Crippen molar-refractivity contribution < 1.29 is 23.1 Å². The molecule has 0 saturated carbocycles. The quantitative estimate of drug-likeness (QED) is 0.577. The summed E-state index contributed by atoms with van der Waals surface area (Å²) in [5, 5.41) is 14.9. The number of phenols is 1. The molecule has 0 bridgehead atoms. The highest BCUT2D eigenvalue weighted by Crippen LogP contribution is 2.34. The van der Waals surface area contributed by atoms with Crippen molar-refractivity contribution in [1.82, 2.24) is 10.6 Å². The Hall–Kier alpha value is -3.07. The van der Waals surface area contributed by atoms with Crippen LogP contribution in [-0.4, -0.2) is 50.7 Å². The summed E-state index contributed by atoms with van der Waals surface area (Å²) in [7, 11) is -3.36. The lowest BCUT2D eigenvalue weighted by Gasteiger charge is -2.21. The van der Waals surface area contributed by atoms with Gasteiger partial charge in [-0.15, -0.1) is 0 Å². The Labute approximate surface area is 176 Å². The zero-order valence-corrected chi connectivity index (χ0v) is 17.7. The number of sulfonamides is 1. The topological polar surface area (TPSA) is 116 Å². The molecule has 0 saturated heterocycles.